The molecule has 1 aromatic heterocycles. The van der Waals surface area contributed by atoms with Crippen molar-refractivity contribution in [2.24, 2.45) is 0 Å². The molecule has 0 saturated carbocycles. The molecular formula is C26H26N2OS. The summed E-state index contributed by atoms with van der Waals surface area (Å²) in [4.78, 5) is 17.3. The molecular weight excluding hydrogens is 388 g/mol. The van der Waals surface area contributed by atoms with Crippen molar-refractivity contribution >= 4 is 28.5 Å². The molecule has 0 fully saturated rings. The standard InChI is InChI=1S/C26H26N2OS/c1-2-14-28-22-12-7-6-11-20(22)27-21-16-19(18-9-4-3-5-10-18)17-23(29)25(21)26(28)24-13-8-15-30-24/h3-13,15,19,26-27H,2,14,16-17H2,1H3/t19-,26+/m1/s1. The Morgan fingerprint density at radius 1 is 1.00 bits per heavy atom. The number of carbonyl (C=O) groups is 1. The highest BCUT2D eigenvalue weighted by Gasteiger charge is 2.39. The van der Waals surface area contributed by atoms with Crippen LogP contribution in [0.3, 0.4) is 0 Å². The zero-order chi connectivity index (χ0) is 20.5. The molecule has 3 nitrogen and oxygen atoms in total. The van der Waals surface area contributed by atoms with E-state index in [9.17, 15) is 4.79 Å². The number of carbonyl (C=O) groups excluding carboxylic acids is 1. The fraction of sp³-hybridized carbons (Fsp3) is 0.269. The van der Waals surface area contributed by atoms with Gasteiger partial charge in [0.1, 0.15) is 0 Å². The summed E-state index contributed by atoms with van der Waals surface area (Å²) in [5.74, 6) is 0.490. The van der Waals surface area contributed by atoms with Crippen LogP contribution in [-0.4, -0.2) is 12.3 Å². The minimum absolute atomic E-state index is 0.0275. The largest absolute Gasteiger partial charge is 0.358 e. The maximum Gasteiger partial charge on any atom is 0.163 e. The number of nitrogens with one attached hydrogen (secondary N) is 1. The molecule has 0 unspecified atom stereocenters. The third-order valence-electron chi connectivity index (χ3n) is 6.14. The Bertz CT molecular complexity index is 1070. The predicted octanol–water partition coefficient (Wildman–Crippen LogP) is 6.53. The molecule has 2 aromatic carbocycles. The first kappa shape index (κ1) is 19.1. The van der Waals surface area contributed by atoms with Crippen LogP contribution < -0.4 is 10.2 Å². The van der Waals surface area contributed by atoms with Crippen molar-refractivity contribution in [1.82, 2.24) is 0 Å². The molecule has 2 heterocycles. The first-order chi connectivity index (χ1) is 14.8. The first-order valence-electron chi connectivity index (χ1n) is 10.7. The Morgan fingerprint density at radius 3 is 2.57 bits per heavy atom. The molecule has 152 valence electrons. The number of para-hydroxylation sites is 2. The summed E-state index contributed by atoms with van der Waals surface area (Å²) in [6, 6.07) is 23.2. The zero-order valence-electron chi connectivity index (χ0n) is 17.2. The number of hydrogen-bond acceptors (Lipinski definition) is 4. The van der Waals surface area contributed by atoms with E-state index in [1.165, 1.54) is 16.1 Å². The summed E-state index contributed by atoms with van der Waals surface area (Å²) >= 11 is 1.74. The number of ketones is 1. The Hall–Kier alpha value is -2.85. The highest BCUT2D eigenvalue weighted by atomic mass is 32.1. The summed E-state index contributed by atoms with van der Waals surface area (Å²) in [6.07, 6.45) is 2.46. The number of fused-ring (bicyclic) bond motifs is 1. The number of thiophene rings is 1. The molecule has 5 rings (SSSR count). The molecule has 3 aromatic rings. The molecule has 2 atom stereocenters. The minimum atomic E-state index is -0.0275. The molecule has 30 heavy (non-hydrogen) atoms. The van der Waals surface area contributed by atoms with E-state index in [2.05, 4.69) is 83.2 Å². The average molecular weight is 415 g/mol. The molecule has 4 heteroatoms. The number of allylic oxidation sites excluding steroid dienone is 1. The number of benzene rings is 2. The van der Waals surface area contributed by atoms with Gasteiger partial charge in [-0.2, -0.15) is 0 Å². The van der Waals surface area contributed by atoms with Crippen molar-refractivity contribution in [1.29, 1.82) is 0 Å². The van der Waals surface area contributed by atoms with E-state index >= 15 is 0 Å². The van der Waals surface area contributed by atoms with Gasteiger partial charge in [0.25, 0.3) is 0 Å². The van der Waals surface area contributed by atoms with Crippen LogP contribution in [-0.2, 0) is 4.79 Å². The molecule has 2 aliphatic rings. The molecule has 0 bridgehead atoms. The maximum absolute atomic E-state index is 13.7. The van der Waals surface area contributed by atoms with E-state index in [0.717, 1.165) is 36.3 Å². The zero-order valence-corrected chi connectivity index (χ0v) is 18.0. The molecule has 0 spiro atoms. The van der Waals surface area contributed by atoms with Crippen molar-refractivity contribution in [3.8, 4) is 0 Å². The molecule has 0 radical (unpaired) electrons. The lowest BCUT2D eigenvalue weighted by molar-refractivity contribution is -0.116. The van der Waals surface area contributed by atoms with E-state index in [1.54, 1.807) is 11.3 Å². The molecule has 1 aliphatic carbocycles. The summed E-state index contributed by atoms with van der Waals surface area (Å²) in [6.45, 7) is 3.11. The van der Waals surface area contributed by atoms with E-state index in [4.69, 9.17) is 0 Å². The average Bonchev–Trinajstić information content (AvgIpc) is 3.26. The fourth-order valence-electron chi connectivity index (χ4n) is 4.85. The van der Waals surface area contributed by atoms with Gasteiger partial charge >= 0.3 is 0 Å². The van der Waals surface area contributed by atoms with Gasteiger partial charge in [0, 0.05) is 29.1 Å². The lowest BCUT2D eigenvalue weighted by Crippen LogP contribution is -2.34. The van der Waals surface area contributed by atoms with Crippen LogP contribution in [0.15, 0.2) is 83.4 Å². The van der Waals surface area contributed by atoms with Gasteiger partial charge < -0.3 is 10.2 Å². The Kier molecular flexibility index (Phi) is 5.17. The van der Waals surface area contributed by atoms with Crippen molar-refractivity contribution in [2.75, 3.05) is 16.8 Å². The van der Waals surface area contributed by atoms with Crippen LogP contribution in [0.25, 0.3) is 0 Å². The number of rotatable bonds is 4. The SMILES string of the molecule is CCCN1c2ccccc2NC2=C(C(=O)C[C@H](c3ccccc3)C2)[C@@H]1c1cccs1. The number of anilines is 2. The van der Waals surface area contributed by atoms with Gasteiger partial charge in [-0.3, -0.25) is 4.79 Å². The number of hydrogen-bond donors (Lipinski definition) is 1. The van der Waals surface area contributed by atoms with Crippen LogP contribution >= 0.6 is 11.3 Å². The van der Waals surface area contributed by atoms with Gasteiger partial charge in [-0.15, -0.1) is 11.3 Å². The van der Waals surface area contributed by atoms with Gasteiger partial charge in [-0.25, -0.2) is 0 Å². The smallest absolute Gasteiger partial charge is 0.163 e. The van der Waals surface area contributed by atoms with Gasteiger partial charge in [-0.05, 0) is 47.9 Å². The van der Waals surface area contributed by atoms with Crippen LogP contribution in [0.4, 0.5) is 11.4 Å². The van der Waals surface area contributed by atoms with Crippen LogP contribution in [0, 0.1) is 0 Å². The van der Waals surface area contributed by atoms with Crippen LogP contribution in [0.2, 0.25) is 0 Å². The number of Topliss-reactive ketones (excluding diaryl/α,β-unsaturated/α-hetero) is 1. The van der Waals surface area contributed by atoms with Gasteiger partial charge in [-0.1, -0.05) is 55.5 Å². The van der Waals surface area contributed by atoms with Crippen molar-refractivity contribution < 1.29 is 4.79 Å². The van der Waals surface area contributed by atoms with Crippen molar-refractivity contribution in [3.05, 3.63) is 93.8 Å². The quantitative estimate of drug-likeness (QED) is 0.527. The second-order valence-electron chi connectivity index (χ2n) is 8.08. The maximum atomic E-state index is 13.7. The third-order valence-corrected chi connectivity index (χ3v) is 7.06. The second-order valence-corrected chi connectivity index (χ2v) is 9.06. The lowest BCUT2D eigenvalue weighted by Gasteiger charge is -2.35. The molecule has 0 amide bonds. The minimum Gasteiger partial charge on any atom is -0.358 e. The van der Waals surface area contributed by atoms with Gasteiger partial charge in [0.2, 0.25) is 0 Å². The molecule has 1 N–H and O–H groups in total. The highest BCUT2D eigenvalue weighted by molar-refractivity contribution is 7.10. The van der Waals surface area contributed by atoms with E-state index in [0.29, 0.717) is 6.42 Å². The monoisotopic (exact) mass is 414 g/mol. The topological polar surface area (TPSA) is 32.3 Å². The van der Waals surface area contributed by atoms with Crippen molar-refractivity contribution in [3.63, 3.8) is 0 Å². The lowest BCUT2D eigenvalue weighted by atomic mass is 9.79. The molecule has 0 saturated heterocycles. The Balaban J connectivity index is 1.66. The second kappa shape index (κ2) is 8.11. The summed E-state index contributed by atoms with van der Waals surface area (Å²) in [5, 5.41) is 5.81. The summed E-state index contributed by atoms with van der Waals surface area (Å²) < 4.78 is 0. The Labute approximate surface area is 182 Å². The van der Waals surface area contributed by atoms with Gasteiger partial charge in [0.15, 0.2) is 5.78 Å². The predicted molar refractivity (Wildman–Crippen MR) is 125 cm³/mol. The normalized spacial score (nSPS) is 21.0. The van der Waals surface area contributed by atoms with E-state index in [-0.39, 0.29) is 17.7 Å². The third kappa shape index (κ3) is 3.35. The summed E-state index contributed by atoms with van der Waals surface area (Å²) in [7, 11) is 0. The van der Waals surface area contributed by atoms with Crippen LogP contribution in [0.1, 0.15) is 48.6 Å². The fourth-order valence-corrected chi connectivity index (χ4v) is 5.69. The van der Waals surface area contributed by atoms with Gasteiger partial charge in [0.05, 0.1) is 17.4 Å². The highest BCUT2D eigenvalue weighted by Crippen LogP contribution is 2.47. The summed E-state index contributed by atoms with van der Waals surface area (Å²) in [5.41, 5.74) is 5.56. The number of nitrogens with zero attached hydrogens (tertiary/aromatic N) is 1. The van der Waals surface area contributed by atoms with Crippen molar-refractivity contribution in [2.45, 2.75) is 38.1 Å². The van der Waals surface area contributed by atoms with Crippen LogP contribution in [0.5, 0.6) is 0 Å². The van der Waals surface area contributed by atoms with E-state index < -0.39 is 0 Å². The molecule has 1 aliphatic heterocycles. The van der Waals surface area contributed by atoms with E-state index in [1.807, 2.05) is 6.07 Å². The first-order valence-corrected chi connectivity index (χ1v) is 11.6. The Morgan fingerprint density at radius 2 is 1.80 bits per heavy atom.